The minimum atomic E-state index is -1.45. The summed E-state index contributed by atoms with van der Waals surface area (Å²) in [5.41, 5.74) is -0.903. The van der Waals surface area contributed by atoms with Crippen molar-refractivity contribution < 1.29 is 53.1 Å². The third-order valence-corrected chi connectivity index (χ3v) is 9.07. The lowest BCUT2D eigenvalue weighted by Gasteiger charge is -2.61. The fraction of sp³-hybridized carbons (Fsp3) is 0.613. The molecule has 0 radical (unpaired) electrons. The molecule has 0 unspecified atom stereocenters. The number of likely N-dealkylation sites (N-methyl/N-ethyl adjacent to an activating group) is 1. The maximum absolute atomic E-state index is 13.1. The molecule has 1 amide bonds. The van der Waals surface area contributed by atoms with Crippen molar-refractivity contribution in [3.8, 4) is 11.5 Å². The van der Waals surface area contributed by atoms with Gasteiger partial charge in [0.1, 0.15) is 17.4 Å². The number of nitrogens with zero attached hydrogens (tertiary/aromatic N) is 1. The van der Waals surface area contributed by atoms with Crippen LogP contribution >= 0.6 is 0 Å². The minimum absolute atomic E-state index is 0.163. The van der Waals surface area contributed by atoms with Crippen LogP contribution in [-0.2, 0) is 40.4 Å². The summed E-state index contributed by atoms with van der Waals surface area (Å²) in [6.45, 7) is 6.88. The number of esters is 1. The maximum atomic E-state index is 13.1. The predicted molar refractivity (Wildman–Crippen MR) is 153 cm³/mol. The first-order valence-electron chi connectivity index (χ1n) is 14.7. The molecule has 13 heteroatoms. The molecule has 44 heavy (non-hydrogen) atoms. The number of nitrogens with one attached hydrogen (secondary N) is 1. The van der Waals surface area contributed by atoms with E-state index >= 15 is 0 Å². The van der Waals surface area contributed by atoms with Crippen LogP contribution in [0.5, 0.6) is 11.5 Å². The number of amides is 1. The zero-order valence-electron chi connectivity index (χ0n) is 25.8. The third-order valence-electron chi connectivity index (χ3n) is 9.07. The van der Waals surface area contributed by atoms with Crippen LogP contribution in [-0.4, -0.2) is 95.3 Å². The lowest BCUT2D eigenvalue weighted by Crippen LogP contribution is -2.74. The molecular formula is C31H40N2O11. The molecule has 2 aliphatic heterocycles. The first-order chi connectivity index (χ1) is 20.6. The van der Waals surface area contributed by atoms with Crippen LogP contribution in [0.25, 0.3) is 0 Å². The molecule has 240 valence electrons. The SMILES string of the molecule is COc1ccc2c3c1O[C@H]1C(OC(=O)CC[C@H](NC(=O)[C@H](C)OC(=O)OC(C)(C)C)C(=O)O)=CC[C@@]4(O)[C@@H](C2)N(C)CC[C@]314. The van der Waals surface area contributed by atoms with Gasteiger partial charge in [-0.2, -0.15) is 0 Å². The number of carboxylic acids is 1. The largest absolute Gasteiger partial charge is 0.509 e. The molecule has 0 saturated carbocycles. The molecule has 1 saturated heterocycles. The second kappa shape index (κ2) is 11.3. The smallest absolute Gasteiger partial charge is 0.493 e. The van der Waals surface area contributed by atoms with Gasteiger partial charge in [0.15, 0.2) is 23.7 Å². The van der Waals surface area contributed by atoms with E-state index < -0.39 is 58.9 Å². The number of hydrogen-bond acceptors (Lipinski definition) is 11. The van der Waals surface area contributed by atoms with E-state index in [4.69, 9.17) is 23.7 Å². The van der Waals surface area contributed by atoms with Gasteiger partial charge in [-0.15, -0.1) is 0 Å². The van der Waals surface area contributed by atoms with Crippen LogP contribution in [0.4, 0.5) is 4.79 Å². The molecule has 2 heterocycles. The van der Waals surface area contributed by atoms with E-state index in [2.05, 4.69) is 10.2 Å². The molecule has 3 N–H and O–H groups in total. The lowest BCUT2D eigenvalue weighted by atomic mass is 9.50. The molecule has 2 bridgehead atoms. The second-order valence-corrected chi connectivity index (χ2v) is 12.9. The van der Waals surface area contributed by atoms with E-state index in [9.17, 15) is 29.4 Å². The highest BCUT2D eigenvalue weighted by molar-refractivity contribution is 5.87. The number of hydrogen-bond donors (Lipinski definition) is 3. The van der Waals surface area contributed by atoms with Crippen molar-refractivity contribution in [2.75, 3.05) is 20.7 Å². The summed E-state index contributed by atoms with van der Waals surface area (Å²) in [5.74, 6) is -1.63. The normalized spacial score (nSPS) is 27.9. The third kappa shape index (κ3) is 5.25. The number of methoxy groups -OCH3 is 1. The summed E-state index contributed by atoms with van der Waals surface area (Å²) in [6.07, 6.45) is -0.674. The molecule has 4 aliphatic rings. The highest BCUT2D eigenvalue weighted by Crippen LogP contribution is 2.65. The van der Waals surface area contributed by atoms with Crippen molar-refractivity contribution in [3.63, 3.8) is 0 Å². The Balaban J connectivity index is 1.28. The van der Waals surface area contributed by atoms with E-state index in [0.29, 0.717) is 30.9 Å². The van der Waals surface area contributed by atoms with Gasteiger partial charge in [-0.1, -0.05) is 6.07 Å². The van der Waals surface area contributed by atoms with Gasteiger partial charge < -0.3 is 44.1 Å². The standard InChI is InChI=1S/C31H40N2O11/c1-16(41-28(38)44-29(2,3)4)26(35)32-18(27(36)37)8-10-22(34)42-20-11-12-31(39)21-15-17-7-9-19(40-6)24-23(17)30(31,25(20)43-24)13-14-33(21)5/h7,9,11,16,18,21,25,39H,8,10,12-15H2,1-6H3,(H,32,35)(H,36,37)/t16-,18-,21+,25-,30-,31+/m0/s1. The molecule has 5 rings (SSSR count). The summed E-state index contributed by atoms with van der Waals surface area (Å²) in [7, 11) is 3.55. The van der Waals surface area contributed by atoms with Crippen molar-refractivity contribution in [1.29, 1.82) is 0 Å². The number of aliphatic carboxylic acids is 1. The summed E-state index contributed by atoms with van der Waals surface area (Å²) >= 11 is 0. The van der Waals surface area contributed by atoms with Crippen molar-refractivity contribution in [2.24, 2.45) is 0 Å². The molecule has 1 aromatic rings. The van der Waals surface area contributed by atoms with Crippen LogP contribution in [0.2, 0.25) is 0 Å². The van der Waals surface area contributed by atoms with E-state index in [1.807, 2.05) is 19.2 Å². The lowest BCUT2D eigenvalue weighted by molar-refractivity contribution is -0.169. The van der Waals surface area contributed by atoms with Crippen molar-refractivity contribution in [3.05, 3.63) is 35.1 Å². The summed E-state index contributed by atoms with van der Waals surface area (Å²) < 4.78 is 27.8. The number of benzene rings is 1. The number of carboxylic acid groups (broad SMARTS) is 1. The van der Waals surface area contributed by atoms with Crippen LogP contribution in [0, 0.1) is 0 Å². The molecule has 13 nitrogen and oxygen atoms in total. The van der Waals surface area contributed by atoms with Gasteiger partial charge in [-0.05, 0) is 78.3 Å². The Morgan fingerprint density at radius 1 is 1.23 bits per heavy atom. The summed E-state index contributed by atoms with van der Waals surface area (Å²) in [6, 6.07) is 2.23. The number of rotatable bonds is 9. The Labute approximate surface area is 255 Å². The van der Waals surface area contributed by atoms with Crippen molar-refractivity contribution >= 4 is 24.0 Å². The molecule has 1 aromatic carbocycles. The number of carbonyl (C=O) groups excluding carboxylic acids is 3. The highest BCUT2D eigenvalue weighted by Gasteiger charge is 2.72. The summed E-state index contributed by atoms with van der Waals surface area (Å²) in [5, 5.41) is 24.3. The van der Waals surface area contributed by atoms with E-state index in [1.54, 1.807) is 34.0 Å². The Kier molecular flexibility index (Phi) is 8.08. The Morgan fingerprint density at radius 3 is 2.61 bits per heavy atom. The van der Waals surface area contributed by atoms with Gasteiger partial charge >= 0.3 is 18.1 Å². The topological polar surface area (TPSA) is 170 Å². The van der Waals surface area contributed by atoms with Gasteiger partial charge in [-0.25, -0.2) is 9.59 Å². The molecule has 6 atom stereocenters. The average molecular weight is 617 g/mol. The van der Waals surface area contributed by atoms with Gasteiger partial charge in [0.25, 0.3) is 5.91 Å². The second-order valence-electron chi connectivity index (χ2n) is 12.9. The Hall–Kier alpha value is -3.84. The zero-order valence-corrected chi connectivity index (χ0v) is 25.8. The molecule has 1 spiro atoms. The first-order valence-corrected chi connectivity index (χ1v) is 14.7. The zero-order chi connectivity index (χ0) is 32.2. The molecule has 0 aromatic heterocycles. The number of ether oxygens (including phenoxy) is 5. The number of likely N-dealkylation sites (tertiary alicyclic amines) is 1. The van der Waals surface area contributed by atoms with Gasteiger partial charge in [0.2, 0.25) is 0 Å². The number of aliphatic hydroxyl groups is 1. The number of piperidine rings is 1. The summed E-state index contributed by atoms with van der Waals surface area (Å²) in [4.78, 5) is 51.6. The maximum Gasteiger partial charge on any atom is 0.509 e. The average Bonchev–Trinajstić information content (AvgIpc) is 3.29. The van der Waals surface area contributed by atoms with E-state index in [-0.39, 0.29) is 31.1 Å². The Bertz CT molecular complexity index is 1400. The minimum Gasteiger partial charge on any atom is -0.493 e. The van der Waals surface area contributed by atoms with Gasteiger partial charge in [-0.3, -0.25) is 9.59 Å². The van der Waals surface area contributed by atoms with Crippen LogP contribution < -0.4 is 14.8 Å². The Morgan fingerprint density at radius 2 is 1.95 bits per heavy atom. The van der Waals surface area contributed by atoms with E-state index in [0.717, 1.165) is 11.1 Å². The predicted octanol–water partition coefficient (Wildman–Crippen LogP) is 2.21. The monoisotopic (exact) mass is 616 g/mol. The van der Waals surface area contributed by atoms with Crippen molar-refractivity contribution in [2.45, 2.75) is 101 Å². The van der Waals surface area contributed by atoms with Gasteiger partial charge in [0.05, 0.1) is 18.1 Å². The van der Waals surface area contributed by atoms with Crippen LogP contribution in [0.15, 0.2) is 24.0 Å². The fourth-order valence-electron chi connectivity index (χ4n) is 7.05. The first kappa shape index (κ1) is 31.6. The fourth-order valence-corrected chi connectivity index (χ4v) is 7.05. The molecular weight excluding hydrogens is 576 g/mol. The van der Waals surface area contributed by atoms with Gasteiger partial charge in [0, 0.05) is 24.4 Å². The molecule has 2 aliphatic carbocycles. The highest BCUT2D eigenvalue weighted by atomic mass is 16.7. The number of carbonyl (C=O) groups is 4. The van der Waals surface area contributed by atoms with E-state index in [1.165, 1.54) is 6.92 Å². The van der Waals surface area contributed by atoms with Crippen molar-refractivity contribution in [1.82, 2.24) is 10.2 Å². The quantitative estimate of drug-likeness (QED) is 0.346. The molecule has 1 fully saturated rings. The van der Waals surface area contributed by atoms with Crippen LogP contribution in [0.1, 0.15) is 64.5 Å². The van der Waals surface area contributed by atoms with Crippen LogP contribution in [0.3, 0.4) is 0 Å².